The summed E-state index contributed by atoms with van der Waals surface area (Å²) < 4.78 is 5.81. The third-order valence-corrected chi connectivity index (χ3v) is 3.01. The van der Waals surface area contributed by atoms with E-state index in [2.05, 4.69) is 25.5 Å². The lowest BCUT2D eigenvalue weighted by Crippen LogP contribution is -2.21. The van der Waals surface area contributed by atoms with Gasteiger partial charge in [0, 0.05) is 19.3 Å². The summed E-state index contributed by atoms with van der Waals surface area (Å²) in [5.74, 6) is 2.15. The average Bonchev–Trinajstić information content (AvgIpc) is 2.49. The fourth-order valence-corrected chi connectivity index (χ4v) is 1.97. The lowest BCUT2D eigenvalue weighted by Gasteiger charge is -2.15. The number of ether oxygens (including phenoxy) is 1. The Labute approximate surface area is 137 Å². The molecule has 0 saturated heterocycles. The fraction of sp³-hybridized carbons (Fsp3) is 0.412. The summed E-state index contributed by atoms with van der Waals surface area (Å²) in [5, 5.41) is 6.50. The highest BCUT2D eigenvalue weighted by Gasteiger charge is 2.06. The first-order chi connectivity index (χ1) is 11.0. The highest BCUT2D eigenvalue weighted by Crippen LogP contribution is 2.27. The monoisotopic (exact) mass is 315 g/mol. The zero-order chi connectivity index (χ0) is 16.7. The second kappa shape index (κ2) is 8.33. The molecule has 1 heterocycles. The van der Waals surface area contributed by atoms with Crippen LogP contribution in [0.5, 0.6) is 5.75 Å². The van der Waals surface area contributed by atoms with Crippen LogP contribution in [0.3, 0.4) is 0 Å². The van der Waals surface area contributed by atoms with Crippen molar-refractivity contribution in [2.24, 2.45) is 0 Å². The molecule has 0 aliphatic heterocycles. The molecule has 2 rings (SSSR count). The number of anilines is 3. The van der Waals surface area contributed by atoms with Crippen LogP contribution in [0.1, 0.15) is 13.8 Å². The summed E-state index contributed by atoms with van der Waals surface area (Å²) in [6.07, 6.45) is 1.85. The minimum atomic E-state index is 0.117. The standard InChI is InChI=1S/C17H25N5O/c1-13(2)23-15-8-6-5-7-14(15)20-16-9-10-18-17(21-16)19-11-12-22(3)4/h5-10,13H,11-12H2,1-4H3,(H2,18,19,20,21). The van der Waals surface area contributed by atoms with E-state index >= 15 is 0 Å². The van der Waals surface area contributed by atoms with Crippen molar-refractivity contribution in [2.45, 2.75) is 20.0 Å². The molecular formula is C17H25N5O. The van der Waals surface area contributed by atoms with E-state index in [-0.39, 0.29) is 6.10 Å². The minimum Gasteiger partial charge on any atom is -0.489 e. The van der Waals surface area contributed by atoms with Crippen molar-refractivity contribution in [3.63, 3.8) is 0 Å². The van der Waals surface area contributed by atoms with Gasteiger partial charge in [-0.15, -0.1) is 0 Å². The smallest absolute Gasteiger partial charge is 0.224 e. The van der Waals surface area contributed by atoms with Crippen LogP contribution in [-0.2, 0) is 0 Å². The van der Waals surface area contributed by atoms with Crippen LogP contribution in [-0.4, -0.2) is 48.2 Å². The van der Waals surface area contributed by atoms with Gasteiger partial charge in [0.05, 0.1) is 11.8 Å². The van der Waals surface area contributed by atoms with Crippen molar-refractivity contribution in [3.8, 4) is 5.75 Å². The van der Waals surface area contributed by atoms with Gasteiger partial charge in [-0.25, -0.2) is 4.98 Å². The normalized spacial score (nSPS) is 10.9. The molecule has 6 nitrogen and oxygen atoms in total. The number of benzene rings is 1. The Morgan fingerprint density at radius 2 is 1.96 bits per heavy atom. The molecule has 1 aromatic heterocycles. The first kappa shape index (κ1) is 17.0. The Balaban J connectivity index is 2.06. The second-order valence-electron chi connectivity index (χ2n) is 5.78. The first-order valence-electron chi connectivity index (χ1n) is 7.79. The number of rotatable bonds is 8. The van der Waals surface area contributed by atoms with Crippen molar-refractivity contribution in [3.05, 3.63) is 36.5 Å². The Morgan fingerprint density at radius 1 is 1.17 bits per heavy atom. The van der Waals surface area contributed by atoms with Gasteiger partial charge in [0.15, 0.2) is 0 Å². The zero-order valence-electron chi connectivity index (χ0n) is 14.2. The van der Waals surface area contributed by atoms with Crippen LogP contribution in [0.2, 0.25) is 0 Å². The number of nitrogens with one attached hydrogen (secondary N) is 2. The molecule has 0 aliphatic rings. The average molecular weight is 315 g/mol. The van der Waals surface area contributed by atoms with Crippen molar-refractivity contribution in [1.29, 1.82) is 0 Å². The largest absolute Gasteiger partial charge is 0.489 e. The summed E-state index contributed by atoms with van der Waals surface area (Å²) in [6.45, 7) is 5.73. The van der Waals surface area contributed by atoms with Gasteiger partial charge in [0.25, 0.3) is 0 Å². The molecule has 1 aromatic carbocycles. The van der Waals surface area contributed by atoms with Crippen LogP contribution in [0.4, 0.5) is 17.5 Å². The summed E-state index contributed by atoms with van der Waals surface area (Å²) in [7, 11) is 4.07. The molecule has 0 unspecified atom stereocenters. The number of aromatic nitrogens is 2. The van der Waals surface area contributed by atoms with Crippen molar-refractivity contribution >= 4 is 17.5 Å². The van der Waals surface area contributed by atoms with E-state index in [9.17, 15) is 0 Å². The number of hydrogen-bond donors (Lipinski definition) is 2. The molecule has 124 valence electrons. The molecule has 0 atom stereocenters. The number of para-hydroxylation sites is 2. The molecule has 0 saturated carbocycles. The van der Waals surface area contributed by atoms with E-state index in [0.717, 1.165) is 30.3 Å². The quantitative estimate of drug-likeness (QED) is 0.781. The van der Waals surface area contributed by atoms with Gasteiger partial charge in [-0.1, -0.05) is 12.1 Å². The van der Waals surface area contributed by atoms with Gasteiger partial charge in [0.2, 0.25) is 5.95 Å². The maximum atomic E-state index is 5.81. The first-order valence-corrected chi connectivity index (χ1v) is 7.79. The van der Waals surface area contributed by atoms with Crippen molar-refractivity contribution in [2.75, 3.05) is 37.8 Å². The van der Waals surface area contributed by atoms with Gasteiger partial charge < -0.3 is 20.3 Å². The zero-order valence-corrected chi connectivity index (χ0v) is 14.2. The molecule has 2 N–H and O–H groups in total. The molecule has 2 aromatic rings. The van der Waals surface area contributed by atoms with Crippen molar-refractivity contribution < 1.29 is 4.74 Å². The molecule has 0 aliphatic carbocycles. The molecule has 6 heteroatoms. The van der Waals surface area contributed by atoms with Crippen LogP contribution in [0.25, 0.3) is 0 Å². The Morgan fingerprint density at radius 3 is 2.70 bits per heavy atom. The SMILES string of the molecule is CC(C)Oc1ccccc1Nc1ccnc(NCCN(C)C)n1. The van der Waals surface area contributed by atoms with Crippen LogP contribution in [0, 0.1) is 0 Å². The molecule has 0 spiro atoms. The van der Waals surface area contributed by atoms with Gasteiger partial charge in [0.1, 0.15) is 11.6 Å². The lowest BCUT2D eigenvalue weighted by molar-refractivity contribution is 0.244. The second-order valence-corrected chi connectivity index (χ2v) is 5.78. The molecule has 0 bridgehead atoms. The maximum Gasteiger partial charge on any atom is 0.224 e. The van der Waals surface area contributed by atoms with Gasteiger partial charge in [-0.2, -0.15) is 4.98 Å². The predicted octanol–water partition coefficient (Wildman–Crippen LogP) is 2.98. The predicted molar refractivity (Wildman–Crippen MR) is 94.6 cm³/mol. The third-order valence-electron chi connectivity index (χ3n) is 3.01. The van der Waals surface area contributed by atoms with Crippen LogP contribution in [0.15, 0.2) is 36.5 Å². The van der Waals surface area contributed by atoms with Crippen LogP contribution < -0.4 is 15.4 Å². The summed E-state index contributed by atoms with van der Waals surface area (Å²) in [5.41, 5.74) is 0.888. The van der Waals surface area contributed by atoms with Gasteiger partial charge in [-0.05, 0) is 46.1 Å². The van der Waals surface area contributed by atoms with Crippen LogP contribution >= 0.6 is 0 Å². The Kier molecular flexibility index (Phi) is 6.17. The topological polar surface area (TPSA) is 62.3 Å². The third kappa shape index (κ3) is 5.75. The van der Waals surface area contributed by atoms with E-state index in [4.69, 9.17) is 4.74 Å². The highest BCUT2D eigenvalue weighted by molar-refractivity contribution is 5.64. The van der Waals surface area contributed by atoms with E-state index < -0.39 is 0 Å². The molecular weight excluding hydrogens is 290 g/mol. The highest BCUT2D eigenvalue weighted by atomic mass is 16.5. The number of nitrogens with zero attached hydrogens (tertiary/aromatic N) is 3. The fourth-order valence-electron chi connectivity index (χ4n) is 1.97. The molecule has 0 amide bonds. The molecule has 23 heavy (non-hydrogen) atoms. The lowest BCUT2D eigenvalue weighted by atomic mass is 10.3. The summed E-state index contributed by atoms with van der Waals surface area (Å²) >= 11 is 0. The summed E-state index contributed by atoms with van der Waals surface area (Å²) in [6, 6.07) is 9.67. The number of hydrogen-bond acceptors (Lipinski definition) is 6. The van der Waals surface area contributed by atoms with E-state index in [1.807, 2.05) is 58.3 Å². The maximum absolute atomic E-state index is 5.81. The van der Waals surface area contributed by atoms with Gasteiger partial charge >= 0.3 is 0 Å². The van der Waals surface area contributed by atoms with Crippen molar-refractivity contribution in [1.82, 2.24) is 14.9 Å². The summed E-state index contributed by atoms with van der Waals surface area (Å²) in [4.78, 5) is 10.8. The minimum absolute atomic E-state index is 0.117. The Hall–Kier alpha value is -2.34. The molecule has 0 fully saturated rings. The van der Waals surface area contributed by atoms with E-state index in [0.29, 0.717) is 5.95 Å². The molecule has 0 radical (unpaired) electrons. The Bertz CT molecular complexity index is 615. The van der Waals surface area contributed by atoms with E-state index in [1.165, 1.54) is 0 Å². The number of likely N-dealkylation sites (N-methyl/N-ethyl adjacent to an activating group) is 1. The van der Waals surface area contributed by atoms with E-state index in [1.54, 1.807) is 6.20 Å². The van der Waals surface area contributed by atoms with Gasteiger partial charge in [-0.3, -0.25) is 0 Å².